The number of methoxy groups -OCH3 is 1. The van der Waals surface area contributed by atoms with Gasteiger partial charge in [-0.1, -0.05) is 35.9 Å². The lowest BCUT2D eigenvalue weighted by molar-refractivity contribution is 0.0600. The summed E-state index contributed by atoms with van der Waals surface area (Å²) in [5, 5.41) is 4.14. The molecule has 0 saturated carbocycles. The fourth-order valence-electron chi connectivity index (χ4n) is 4.69. The molecular formula is C27H28ClN3O5S2. The third kappa shape index (κ3) is 5.44. The number of rotatable bonds is 8. The number of nitrogens with one attached hydrogen (secondary N) is 1. The van der Waals surface area contributed by atoms with Crippen molar-refractivity contribution in [3.05, 3.63) is 75.9 Å². The Bertz CT molecular complexity index is 1570. The molecule has 1 fully saturated rings. The van der Waals surface area contributed by atoms with E-state index in [0.717, 1.165) is 24.2 Å². The minimum absolute atomic E-state index is 0.0274. The first-order valence-electron chi connectivity index (χ1n) is 12.3. The highest BCUT2D eigenvalue weighted by atomic mass is 35.5. The molecule has 2 aromatic carbocycles. The lowest BCUT2D eigenvalue weighted by Gasteiger charge is -2.22. The summed E-state index contributed by atoms with van der Waals surface area (Å²) in [5.74, 6) is -0.170. The van der Waals surface area contributed by atoms with Crippen LogP contribution in [0.15, 0.2) is 54.9 Å². The van der Waals surface area contributed by atoms with Crippen LogP contribution in [-0.2, 0) is 20.3 Å². The molecule has 1 N–H and O–H groups in total. The molecule has 38 heavy (non-hydrogen) atoms. The number of esters is 1. The van der Waals surface area contributed by atoms with Crippen LogP contribution < -0.4 is 10.1 Å². The number of ether oxygens (including phenoxy) is 2. The van der Waals surface area contributed by atoms with Crippen LogP contribution in [0, 0.1) is 0 Å². The van der Waals surface area contributed by atoms with Gasteiger partial charge in [0.1, 0.15) is 23.2 Å². The molecule has 1 aliphatic heterocycles. The number of aromatic nitrogens is 2. The minimum atomic E-state index is -3.29. The van der Waals surface area contributed by atoms with Gasteiger partial charge in [0, 0.05) is 16.7 Å². The number of imidazole rings is 1. The number of piperidine rings is 1. The maximum absolute atomic E-state index is 13.1. The van der Waals surface area contributed by atoms with E-state index in [2.05, 4.69) is 10.3 Å². The fourth-order valence-corrected chi connectivity index (χ4v) is 7.80. The van der Waals surface area contributed by atoms with E-state index in [9.17, 15) is 13.2 Å². The molecular weight excluding hydrogens is 546 g/mol. The highest BCUT2D eigenvalue weighted by molar-refractivity contribution is 7.91. The quantitative estimate of drug-likeness (QED) is 0.284. The van der Waals surface area contributed by atoms with Crippen molar-refractivity contribution in [1.82, 2.24) is 14.9 Å². The Morgan fingerprint density at radius 1 is 1.21 bits per heavy atom. The molecule has 2 aromatic heterocycles. The van der Waals surface area contributed by atoms with Crippen LogP contribution >= 0.6 is 22.9 Å². The van der Waals surface area contributed by atoms with Gasteiger partial charge in [0.15, 0.2) is 14.7 Å². The smallest absolute Gasteiger partial charge is 0.351 e. The number of sulfone groups is 1. The summed E-state index contributed by atoms with van der Waals surface area (Å²) in [4.78, 5) is 17.4. The maximum atomic E-state index is 13.1. The molecule has 200 valence electrons. The van der Waals surface area contributed by atoms with Gasteiger partial charge < -0.3 is 14.8 Å². The first-order valence-corrected chi connectivity index (χ1v) is 15.2. The number of carbonyl (C=O) groups excluding carboxylic acids is 1. The Labute approximate surface area is 230 Å². The molecule has 0 bridgehead atoms. The molecule has 0 amide bonds. The number of carbonyl (C=O) groups is 1. The average molecular weight is 574 g/mol. The summed E-state index contributed by atoms with van der Waals surface area (Å²) in [6.07, 6.45) is 2.50. The Morgan fingerprint density at radius 2 is 1.97 bits per heavy atom. The van der Waals surface area contributed by atoms with Crippen LogP contribution in [0.3, 0.4) is 0 Å². The molecule has 1 saturated heterocycles. The minimum Gasteiger partial charge on any atom is -0.484 e. The van der Waals surface area contributed by atoms with E-state index in [4.69, 9.17) is 21.1 Å². The molecule has 4 aromatic rings. The Balaban J connectivity index is 1.48. The van der Waals surface area contributed by atoms with E-state index in [1.165, 1.54) is 18.4 Å². The highest BCUT2D eigenvalue weighted by Gasteiger charge is 2.28. The van der Waals surface area contributed by atoms with Crippen LogP contribution in [0.4, 0.5) is 0 Å². The Hall–Kier alpha value is -2.92. The predicted octanol–water partition coefficient (Wildman–Crippen LogP) is 5.33. The Morgan fingerprint density at radius 3 is 2.71 bits per heavy atom. The van der Waals surface area contributed by atoms with Crippen LogP contribution in [0.25, 0.3) is 16.0 Å². The first kappa shape index (κ1) is 26.7. The third-order valence-electron chi connectivity index (χ3n) is 6.71. The highest BCUT2D eigenvalue weighted by Crippen LogP contribution is 2.37. The topological polar surface area (TPSA) is 99.5 Å². The van der Waals surface area contributed by atoms with E-state index in [-0.39, 0.29) is 11.0 Å². The zero-order valence-corrected chi connectivity index (χ0v) is 23.4. The number of thiophene rings is 1. The molecule has 0 radical (unpaired) electrons. The molecule has 3 heterocycles. The van der Waals surface area contributed by atoms with E-state index >= 15 is 0 Å². The maximum Gasteiger partial charge on any atom is 0.351 e. The van der Waals surface area contributed by atoms with Crippen molar-refractivity contribution < 1.29 is 22.7 Å². The van der Waals surface area contributed by atoms with Crippen molar-refractivity contribution in [3.8, 4) is 10.8 Å². The second-order valence-electron chi connectivity index (χ2n) is 9.25. The fraction of sp³-hybridized carbons (Fsp3) is 0.333. The monoisotopic (exact) mass is 573 g/mol. The van der Waals surface area contributed by atoms with Gasteiger partial charge in [-0.3, -0.25) is 4.57 Å². The number of hydrogen-bond acceptors (Lipinski definition) is 8. The number of hydrogen-bond donors (Lipinski definition) is 1. The molecule has 1 atom stereocenters. The average Bonchev–Trinajstić information content (AvgIpc) is 3.52. The van der Waals surface area contributed by atoms with E-state index in [1.807, 2.05) is 47.9 Å². The second kappa shape index (κ2) is 11.1. The van der Waals surface area contributed by atoms with Crippen LogP contribution in [0.1, 0.15) is 46.7 Å². The predicted molar refractivity (Wildman–Crippen MR) is 149 cm³/mol. The standard InChI is InChI=1S/C27H28ClN3O5S2/c1-17(20-5-3-4-6-21(20)28)36-24-14-25(37-26(24)27(32)35-2)31-16-30-22-8-7-18(13-23(22)31)15-38(33,34)19-9-11-29-12-10-19/h3-8,13-14,16-17,19,29H,9-12,15H2,1-2H3/t17-/m1/s1. The lowest BCUT2D eigenvalue weighted by atomic mass is 10.1. The van der Waals surface area contributed by atoms with Crippen molar-refractivity contribution >= 4 is 49.8 Å². The summed E-state index contributed by atoms with van der Waals surface area (Å²) in [6.45, 7) is 3.30. The number of benzene rings is 2. The van der Waals surface area contributed by atoms with Gasteiger partial charge in [0.05, 0.1) is 29.1 Å². The molecule has 8 nitrogen and oxygen atoms in total. The zero-order chi connectivity index (χ0) is 26.9. The third-order valence-corrected chi connectivity index (χ3v) is 10.4. The SMILES string of the molecule is COC(=O)c1sc(-n2cnc3ccc(CS(=O)(=O)C4CCNCC4)cc32)cc1O[C@H](C)c1ccccc1Cl. The van der Waals surface area contributed by atoms with Crippen LogP contribution in [0.5, 0.6) is 5.75 Å². The van der Waals surface area contributed by atoms with Gasteiger partial charge in [-0.05, 0) is 56.6 Å². The van der Waals surface area contributed by atoms with Crippen molar-refractivity contribution in [2.24, 2.45) is 0 Å². The van der Waals surface area contributed by atoms with Crippen molar-refractivity contribution in [3.63, 3.8) is 0 Å². The molecule has 0 spiro atoms. The van der Waals surface area contributed by atoms with E-state index < -0.39 is 21.9 Å². The van der Waals surface area contributed by atoms with Gasteiger partial charge in [-0.25, -0.2) is 18.2 Å². The summed E-state index contributed by atoms with van der Waals surface area (Å²) in [7, 11) is -1.96. The summed E-state index contributed by atoms with van der Waals surface area (Å²) < 4.78 is 39.1. The van der Waals surface area contributed by atoms with Crippen molar-refractivity contribution in [2.75, 3.05) is 20.2 Å². The largest absolute Gasteiger partial charge is 0.484 e. The summed E-state index contributed by atoms with van der Waals surface area (Å²) in [5.41, 5.74) is 2.95. The van der Waals surface area contributed by atoms with Gasteiger partial charge >= 0.3 is 5.97 Å². The van der Waals surface area contributed by atoms with Crippen molar-refractivity contribution in [1.29, 1.82) is 0 Å². The number of nitrogens with zero attached hydrogens (tertiary/aromatic N) is 2. The lowest BCUT2D eigenvalue weighted by Crippen LogP contribution is -2.36. The molecule has 1 aliphatic rings. The molecule has 0 unspecified atom stereocenters. The normalized spacial score (nSPS) is 15.4. The van der Waals surface area contributed by atoms with Gasteiger partial charge in [0.2, 0.25) is 0 Å². The first-order chi connectivity index (χ1) is 18.3. The zero-order valence-electron chi connectivity index (χ0n) is 21.0. The van der Waals surface area contributed by atoms with Crippen LogP contribution in [0.2, 0.25) is 5.02 Å². The van der Waals surface area contributed by atoms with Crippen molar-refractivity contribution in [2.45, 2.75) is 36.9 Å². The van der Waals surface area contributed by atoms with Crippen LogP contribution in [-0.4, -0.2) is 49.4 Å². The Kier molecular flexibility index (Phi) is 7.76. The second-order valence-corrected chi connectivity index (χ2v) is 13.0. The summed E-state index contributed by atoms with van der Waals surface area (Å²) >= 11 is 7.56. The molecule has 0 aliphatic carbocycles. The summed E-state index contributed by atoms with van der Waals surface area (Å²) in [6, 6.07) is 14.6. The number of fused-ring (bicyclic) bond motifs is 1. The number of halogens is 1. The molecule has 11 heteroatoms. The van der Waals surface area contributed by atoms with Gasteiger partial charge in [-0.15, -0.1) is 11.3 Å². The van der Waals surface area contributed by atoms with E-state index in [1.54, 1.807) is 18.5 Å². The van der Waals surface area contributed by atoms with E-state index in [0.29, 0.717) is 44.6 Å². The van der Waals surface area contributed by atoms with Gasteiger partial charge in [0.25, 0.3) is 0 Å². The molecule has 5 rings (SSSR count). The van der Waals surface area contributed by atoms with Gasteiger partial charge in [-0.2, -0.15) is 0 Å².